The van der Waals surface area contributed by atoms with Gasteiger partial charge in [-0.3, -0.25) is 0 Å². The maximum atomic E-state index is 5.94. The van der Waals surface area contributed by atoms with Gasteiger partial charge in [-0.1, -0.05) is 33.1 Å². The third-order valence-electron chi connectivity index (χ3n) is 2.02. The summed E-state index contributed by atoms with van der Waals surface area (Å²) in [5.74, 6) is 0. The highest BCUT2D eigenvalue weighted by Gasteiger charge is 1.98. The fraction of sp³-hybridized carbons (Fsp3) is 1.00. The quantitative estimate of drug-likeness (QED) is 0.459. The van der Waals surface area contributed by atoms with Crippen LogP contribution in [0.25, 0.3) is 0 Å². The van der Waals surface area contributed by atoms with E-state index in [0.717, 1.165) is 19.5 Å². The topological polar surface area (TPSA) is 12.0 Å². The van der Waals surface area contributed by atoms with Gasteiger partial charge in [-0.15, -0.1) is 11.6 Å². The predicted octanol–water partition coefficient (Wildman–Crippen LogP) is 3.17. The smallest absolute Gasteiger partial charge is 0.0458 e. The molecular weight excluding hydrogens is 170 g/mol. The van der Waals surface area contributed by atoms with Gasteiger partial charge in [0.25, 0.3) is 0 Å². The fourth-order valence-corrected chi connectivity index (χ4v) is 1.19. The summed E-state index contributed by atoms with van der Waals surface area (Å²) < 4.78 is 0. The van der Waals surface area contributed by atoms with Gasteiger partial charge in [-0.05, 0) is 19.4 Å². The van der Waals surface area contributed by atoms with Crippen LogP contribution in [0.2, 0.25) is 0 Å². The molecular formula is C10H22ClN. The van der Waals surface area contributed by atoms with Gasteiger partial charge in [0.2, 0.25) is 0 Å². The number of alkyl halides is 1. The fourth-order valence-electron chi connectivity index (χ4n) is 1.08. The van der Waals surface area contributed by atoms with Crippen molar-refractivity contribution in [1.82, 2.24) is 5.32 Å². The first-order valence-electron chi connectivity index (χ1n) is 5.16. The molecule has 0 aromatic carbocycles. The first kappa shape index (κ1) is 12.2. The third-order valence-corrected chi connectivity index (χ3v) is 2.48. The van der Waals surface area contributed by atoms with E-state index in [1.807, 2.05) is 0 Å². The number of rotatable bonds is 8. The van der Waals surface area contributed by atoms with Gasteiger partial charge in [0.05, 0.1) is 0 Å². The molecule has 0 aliphatic carbocycles. The molecule has 0 saturated carbocycles. The number of halogens is 1. The Bertz CT molecular complexity index is 85.9. The molecule has 0 fully saturated rings. The van der Waals surface area contributed by atoms with E-state index in [-0.39, 0.29) is 0 Å². The van der Waals surface area contributed by atoms with Gasteiger partial charge >= 0.3 is 0 Å². The second-order valence-corrected chi connectivity index (χ2v) is 3.89. The Labute approximate surface area is 81.9 Å². The average molecular weight is 192 g/mol. The van der Waals surface area contributed by atoms with Crippen LogP contribution in [0, 0.1) is 0 Å². The molecule has 0 bridgehead atoms. The standard InChI is InChI=1S/C10H22ClN/c1-3-5-6-7-8-12-9-10(11)4-2/h10,12H,3-9H2,1-2H3. The summed E-state index contributed by atoms with van der Waals surface area (Å²) in [4.78, 5) is 0. The molecule has 74 valence electrons. The molecule has 0 saturated heterocycles. The average Bonchev–Trinajstić information content (AvgIpc) is 2.10. The molecule has 0 radical (unpaired) electrons. The minimum absolute atomic E-state index is 0.316. The molecule has 0 heterocycles. The van der Waals surface area contributed by atoms with Crippen molar-refractivity contribution in [3.8, 4) is 0 Å². The molecule has 0 aliphatic rings. The van der Waals surface area contributed by atoms with Crippen LogP contribution in [-0.4, -0.2) is 18.5 Å². The highest BCUT2D eigenvalue weighted by molar-refractivity contribution is 6.20. The van der Waals surface area contributed by atoms with Crippen molar-refractivity contribution >= 4 is 11.6 Å². The van der Waals surface area contributed by atoms with Crippen LogP contribution in [0.15, 0.2) is 0 Å². The maximum Gasteiger partial charge on any atom is 0.0458 e. The zero-order valence-electron chi connectivity index (χ0n) is 8.41. The Balaban J connectivity index is 2.90. The Morgan fingerprint density at radius 3 is 2.50 bits per heavy atom. The molecule has 2 heteroatoms. The first-order chi connectivity index (χ1) is 5.81. The summed E-state index contributed by atoms with van der Waals surface area (Å²) in [6, 6.07) is 0. The second kappa shape index (κ2) is 9.34. The molecule has 1 atom stereocenters. The molecule has 0 aliphatic heterocycles. The van der Waals surface area contributed by atoms with Gasteiger partial charge in [0.1, 0.15) is 0 Å². The van der Waals surface area contributed by atoms with E-state index < -0.39 is 0 Å². The molecule has 1 N–H and O–H groups in total. The molecule has 0 amide bonds. The summed E-state index contributed by atoms with van der Waals surface area (Å²) in [6.45, 7) is 6.45. The van der Waals surface area contributed by atoms with Crippen LogP contribution in [0.4, 0.5) is 0 Å². The maximum absolute atomic E-state index is 5.94. The van der Waals surface area contributed by atoms with Crippen LogP contribution in [0.1, 0.15) is 46.0 Å². The van der Waals surface area contributed by atoms with Gasteiger partial charge in [0.15, 0.2) is 0 Å². The van der Waals surface area contributed by atoms with Gasteiger partial charge < -0.3 is 5.32 Å². The van der Waals surface area contributed by atoms with Crippen LogP contribution >= 0.6 is 11.6 Å². The van der Waals surface area contributed by atoms with E-state index in [1.54, 1.807) is 0 Å². The lowest BCUT2D eigenvalue weighted by Gasteiger charge is -2.07. The Kier molecular flexibility index (Phi) is 9.53. The molecule has 0 rings (SSSR count). The van der Waals surface area contributed by atoms with E-state index in [9.17, 15) is 0 Å². The third kappa shape index (κ3) is 8.35. The Morgan fingerprint density at radius 2 is 1.92 bits per heavy atom. The van der Waals surface area contributed by atoms with Crippen molar-refractivity contribution < 1.29 is 0 Å². The van der Waals surface area contributed by atoms with Crippen LogP contribution in [0.5, 0.6) is 0 Å². The van der Waals surface area contributed by atoms with Crippen molar-refractivity contribution in [2.45, 2.75) is 51.3 Å². The minimum Gasteiger partial charge on any atom is -0.315 e. The van der Waals surface area contributed by atoms with E-state index in [4.69, 9.17) is 11.6 Å². The van der Waals surface area contributed by atoms with Crippen molar-refractivity contribution in [3.63, 3.8) is 0 Å². The predicted molar refractivity (Wildman–Crippen MR) is 56.9 cm³/mol. The molecule has 12 heavy (non-hydrogen) atoms. The van der Waals surface area contributed by atoms with E-state index in [0.29, 0.717) is 5.38 Å². The summed E-state index contributed by atoms with van der Waals surface area (Å²) in [6.07, 6.45) is 6.38. The lowest BCUT2D eigenvalue weighted by atomic mass is 10.2. The lowest BCUT2D eigenvalue weighted by molar-refractivity contribution is 0.585. The van der Waals surface area contributed by atoms with Gasteiger partial charge in [-0.25, -0.2) is 0 Å². The largest absolute Gasteiger partial charge is 0.315 e. The molecule has 0 spiro atoms. The number of unbranched alkanes of at least 4 members (excludes halogenated alkanes) is 3. The van der Waals surface area contributed by atoms with Gasteiger partial charge in [-0.2, -0.15) is 0 Å². The first-order valence-corrected chi connectivity index (χ1v) is 5.59. The zero-order valence-corrected chi connectivity index (χ0v) is 9.16. The van der Waals surface area contributed by atoms with Crippen molar-refractivity contribution in [2.24, 2.45) is 0 Å². The van der Waals surface area contributed by atoms with Crippen LogP contribution in [0.3, 0.4) is 0 Å². The van der Waals surface area contributed by atoms with Gasteiger partial charge in [0, 0.05) is 11.9 Å². The highest BCUT2D eigenvalue weighted by atomic mass is 35.5. The zero-order chi connectivity index (χ0) is 9.23. The molecule has 1 nitrogen and oxygen atoms in total. The van der Waals surface area contributed by atoms with Crippen molar-refractivity contribution in [1.29, 1.82) is 0 Å². The minimum atomic E-state index is 0.316. The summed E-state index contributed by atoms with van der Waals surface area (Å²) in [5.41, 5.74) is 0. The molecule has 0 aromatic heterocycles. The Morgan fingerprint density at radius 1 is 1.17 bits per heavy atom. The Hall–Kier alpha value is 0.250. The normalized spacial score (nSPS) is 13.2. The van der Waals surface area contributed by atoms with Crippen molar-refractivity contribution in [2.75, 3.05) is 13.1 Å². The van der Waals surface area contributed by atoms with E-state index in [1.165, 1.54) is 25.7 Å². The highest BCUT2D eigenvalue weighted by Crippen LogP contribution is 2.00. The monoisotopic (exact) mass is 191 g/mol. The second-order valence-electron chi connectivity index (χ2n) is 3.27. The number of hydrogen-bond acceptors (Lipinski definition) is 1. The SMILES string of the molecule is CCCCCCNCC(Cl)CC. The van der Waals surface area contributed by atoms with E-state index >= 15 is 0 Å². The lowest BCUT2D eigenvalue weighted by Crippen LogP contribution is -2.23. The molecule has 1 unspecified atom stereocenters. The summed E-state index contributed by atoms with van der Waals surface area (Å²) in [5, 5.41) is 3.68. The summed E-state index contributed by atoms with van der Waals surface area (Å²) in [7, 11) is 0. The van der Waals surface area contributed by atoms with E-state index in [2.05, 4.69) is 19.2 Å². The number of nitrogens with one attached hydrogen (secondary N) is 1. The molecule has 0 aromatic rings. The van der Waals surface area contributed by atoms with Crippen LogP contribution < -0.4 is 5.32 Å². The number of hydrogen-bond donors (Lipinski definition) is 1. The summed E-state index contributed by atoms with van der Waals surface area (Å²) >= 11 is 5.94. The van der Waals surface area contributed by atoms with Crippen LogP contribution in [-0.2, 0) is 0 Å². The van der Waals surface area contributed by atoms with Crippen molar-refractivity contribution in [3.05, 3.63) is 0 Å².